The Kier molecular flexibility index (Phi) is 5.98. The third-order valence-electron chi connectivity index (χ3n) is 2.97. The minimum atomic E-state index is -1.23. The van der Waals surface area contributed by atoms with Gasteiger partial charge in [-0.05, 0) is 36.4 Å². The van der Waals surface area contributed by atoms with Gasteiger partial charge in [0.1, 0.15) is 12.9 Å². The molecular weight excluding hydrogens is 322 g/mol. The molecule has 116 valence electrons. The molecule has 22 heavy (non-hydrogen) atoms. The molecule has 0 saturated heterocycles. The molecule has 2 rings (SSSR count). The fourth-order valence-electron chi connectivity index (χ4n) is 1.85. The summed E-state index contributed by atoms with van der Waals surface area (Å²) in [6.07, 6.45) is 0. The summed E-state index contributed by atoms with van der Waals surface area (Å²) in [5, 5.41) is 4.62. The van der Waals surface area contributed by atoms with Crippen molar-refractivity contribution in [1.82, 2.24) is 0 Å². The standard InChI is InChI=1S/C16H16ClNO3S/c1-20-14-7-9-15(10-8-14)22(19)11-16(18-21-2)12-3-5-13(17)6-4-12/h3-10H,11H2,1-2H3/b18-16+/t22-/m0/s1. The molecule has 0 bridgehead atoms. The van der Waals surface area contributed by atoms with Crippen LogP contribution < -0.4 is 4.74 Å². The molecule has 2 aromatic carbocycles. The first kappa shape index (κ1) is 16.5. The van der Waals surface area contributed by atoms with Crippen molar-refractivity contribution in [1.29, 1.82) is 0 Å². The first-order valence-electron chi connectivity index (χ1n) is 6.52. The summed E-state index contributed by atoms with van der Waals surface area (Å²) in [4.78, 5) is 5.57. The predicted octanol–water partition coefficient (Wildman–Crippen LogP) is 3.51. The maximum absolute atomic E-state index is 12.5. The quantitative estimate of drug-likeness (QED) is 0.598. The smallest absolute Gasteiger partial charge is 0.118 e. The average molecular weight is 338 g/mol. The van der Waals surface area contributed by atoms with Crippen molar-refractivity contribution in [2.75, 3.05) is 20.0 Å². The van der Waals surface area contributed by atoms with Gasteiger partial charge in [-0.1, -0.05) is 28.9 Å². The summed E-state index contributed by atoms with van der Waals surface area (Å²) in [6, 6.07) is 14.3. The molecule has 0 radical (unpaired) electrons. The molecule has 0 aromatic heterocycles. The molecule has 0 saturated carbocycles. The lowest BCUT2D eigenvalue weighted by atomic mass is 10.1. The second-order valence-corrected chi connectivity index (χ2v) is 6.28. The Balaban J connectivity index is 2.18. The zero-order valence-corrected chi connectivity index (χ0v) is 13.9. The van der Waals surface area contributed by atoms with Crippen LogP contribution in [-0.4, -0.2) is 29.9 Å². The van der Waals surface area contributed by atoms with E-state index in [0.29, 0.717) is 15.6 Å². The van der Waals surface area contributed by atoms with Gasteiger partial charge in [0.15, 0.2) is 0 Å². The van der Waals surface area contributed by atoms with E-state index in [1.165, 1.54) is 7.11 Å². The number of hydrogen-bond donors (Lipinski definition) is 0. The van der Waals surface area contributed by atoms with E-state index in [2.05, 4.69) is 5.16 Å². The zero-order valence-electron chi connectivity index (χ0n) is 12.3. The van der Waals surface area contributed by atoms with Gasteiger partial charge in [-0.15, -0.1) is 0 Å². The van der Waals surface area contributed by atoms with Gasteiger partial charge in [-0.3, -0.25) is 4.21 Å². The molecule has 0 aliphatic carbocycles. The molecule has 0 unspecified atom stereocenters. The van der Waals surface area contributed by atoms with Crippen LogP contribution >= 0.6 is 11.6 Å². The van der Waals surface area contributed by atoms with Crippen LogP contribution in [-0.2, 0) is 15.6 Å². The third-order valence-corrected chi connectivity index (χ3v) is 4.55. The summed E-state index contributed by atoms with van der Waals surface area (Å²) in [5.41, 5.74) is 1.43. The first-order valence-corrected chi connectivity index (χ1v) is 8.22. The van der Waals surface area contributed by atoms with E-state index < -0.39 is 10.8 Å². The monoisotopic (exact) mass is 337 g/mol. The minimum Gasteiger partial charge on any atom is -0.497 e. The van der Waals surface area contributed by atoms with Crippen molar-refractivity contribution < 1.29 is 13.8 Å². The van der Waals surface area contributed by atoms with Crippen molar-refractivity contribution >= 4 is 28.1 Å². The summed E-state index contributed by atoms with van der Waals surface area (Å²) in [6.45, 7) is 0. The minimum absolute atomic E-state index is 0.252. The molecule has 1 atom stereocenters. The van der Waals surface area contributed by atoms with Crippen molar-refractivity contribution in [2.45, 2.75) is 4.90 Å². The Hall–Kier alpha value is -1.85. The molecule has 0 amide bonds. The predicted molar refractivity (Wildman–Crippen MR) is 89.3 cm³/mol. The summed E-state index contributed by atoms with van der Waals surface area (Å²) in [5.74, 6) is 0.978. The summed E-state index contributed by atoms with van der Waals surface area (Å²) >= 11 is 5.88. The fraction of sp³-hybridized carbons (Fsp3) is 0.188. The molecule has 2 aromatic rings. The first-order chi connectivity index (χ1) is 10.6. The lowest BCUT2D eigenvalue weighted by molar-refractivity contribution is 0.213. The summed E-state index contributed by atoms with van der Waals surface area (Å²) in [7, 11) is 1.83. The molecule has 0 aliphatic rings. The van der Waals surface area contributed by atoms with Crippen molar-refractivity contribution in [3.8, 4) is 5.75 Å². The van der Waals surface area contributed by atoms with E-state index in [0.717, 1.165) is 11.3 Å². The molecule has 0 aliphatic heterocycles. The fourth-order valence-corrected chi connectivity index (χ4v) is 3.05. The number of rotatable bonds is 6. The highest BCUT2D eigenvalue weighted by atomic mass is 35.5. The Labute approximate surface area is 137 Å². The van der Waals surface area contributed by atoms with Crippen LogP contribution in [0.3, 0.4) is 0 Å². The normalized spacial score (nSPS) is 12.8. The second-order valence-electron chi connectivity index (χ2n) is 4.39. The van der Waals surface area contributed by atoms with Crippen molar-refractivity contribution in [3.05, 3.63) is 59.1 Å². The van der Waals surface area contributed by atoms with E-state index in [1.54, 1.807) is 43.5 Å². The second kappa shape index (κ2) is 7.96. The van der Waals surface area contributed by atoms with Crippen LogP contribution in [0.1, 0.15) is 5.56 Å². The van der Waals surface area contributed by atoms with E-state index in [1.807, 2.05) is 12.1 Å². The van der Waals surface area contributed by atoms with E-state index >= 15 is 0 Å². The van der Waals surface area contributed by atoms with E-state index in [4.69, 9.17) is 21.2 Å². The van der Waals surface area contributed by atoms with Crippen molar-refractivity contribution in [2.24, 2.45) is 5.16 Å². The lowest BCUT2D eigenvalue weighted by Crippen LogP contribution is -2.13. The number of methoxy groups -OCH3 is 1. The van der Waals surface area contributed by atoms with Gasteiger partial charge in [-0.25, -0.2) is 0 Å². The van der Waals surface area contributed by atoms with Crippen molar-refractivity contribution in [3.63, 3.8) is 0 Å². The highest BCUT2D eigenvalue weighted by molar-refractivity contribution is 7.85. The van der Waals surface area contributed by atoms with Gasteiger partial charge in [0.05, 0.1) is 29.4 Å². The van der Waals surface area contributed by atoms with E-state index in [9.17, 15) is 4.21 Å². The van der Waals surface area contributed by atoms with Crippen LogP contribution in [0.2, 0.25) is 5.02 Å². The number of hydrogen-bond acceptors (Lipinski definition) is 4. The lowest BCUT2D eigenvalue weighted by Gasteiger charge is -2.07. The van der Waals surface area contributed by atoms with Gasteiger partial charge in [0.25, 0.3) is 0 Å². The number of nitrogens with zero attached hydrogens (tertiary/aromatic N) is 1. The maximum Gasteiger partial charge on any atom is 0.118 e. The molecule has 0 spiro atoms. The van der Waals surface area contributed by atoms with Crippen LogP contribution in [0.5, 0.6) is 5.75 Å². The van der Waals surface area contributed by atoms with Gasteiger partial charge in [0, 0.05) is 15.5 Å². The van der Waals surface area contributed by atoms with Crippen LogP contribution in [0.15, 0.2) is 58.6 Å². The van der Waals surface area contributed by atoms with Crippen LogP contribution in [0, 0.1) is 0 Å². The number of oxime groups is 1. The third kappa shape index (κ3) is 4.32. The zero-order chi connectivity index (χ0) is 15.9. The Morgan fingerprint density at radius 1 is 1.09 bits per heavy atom. The SMILES string of the molecule is CO/N=C(\C[S@](=O)c1ccc(OC)cc1)c1ccc(Cl)cc1. The van der Waals surface area contributed by atoms with Crippen LogP contribution in [0.25, 0.3) is 0 Å². The highest BCUT2D eigenvalue weighted by Gasteiger charge is 2.12. The largest absolute Gasteiger partial charge is 0.497 e. The summed E-state index contributed by atoms with van der Waals surface area (Å²) < 4.78 is 17.6. The van der Waals surface area contributed by atoms with Gasteiger partial charge in [0.2, 0.25) is 0 Å². The Morgan fingerprint density at radius 2 is 1.73 bits per heavy atom. The van der Waals surface area contributed by atoms with Gasteiger partial charge < -0.3 is 9.57 Å². The highest BCUT2D eigenvalue weighted by Crippen LogP contribution is 2.16. The topological polar surface area (TPSA) is 47.9 Å². The molecule has 0 heterocycles. The molecule has 4 nitrogen and oxygen atoms in total. The maximum atomic E-state index is 12.5. The van der Waals surface area contributed by atoms with Gasteiger partial charge >= 0.3 is 0 Å². The van der Waals surface area contributed by atoms with E-state index in [-0.39, 0.29) is 5.75 Å². The molecular formula is C16H16ClNO3S. The Morgan fingerprint density at radius 3 is 2.27 bits per heavy atom. The van der Waals surface area contributed by atoms with Crippen LogP contribution in [0.4, 0.5) is 0 Å². The number of halogens is 1. The average Bonchev–Trinajstić information content (AvgIpc) is 2.55. The molecule has 6 heteroatoms. The van der Waals surface area contributed by atoms with Gasteiger partial charge in [-0.2, -0.15) is 0 Å². The number of ether oxygens (including phenoxy) is 1. The number of benzene rings is 2. The molecule has 0 N–H and O–H groups in total. The Bertz CT molecular complexity index is 669. The molecule has 0 fully saturated rings.